The minimum atomic E-state index is -1.10. The van der Waals surface area contributed by atoms with Gasteiger partial charge in [-0.05, 0) is 78.2 Å². The van der Waals surface area contributed by atoms with Gasteiger partial charge in [0.25, 0.3) is 16.7 Å². The summed E-state index contributed by atoms with van der Waals surface area (Å²) in [5.41, 5.74) is 10.3. The second kappa shape index (κ2) is 29.4. The third-order valence-corrected chi connectivity index (χ3v) is 14.4. The van der Waals surface area contributed by atoms with Crippen LogP contribution >= 0.6 is 0 Å². The molecule has 23 heteroatoms. The van der Waals surface area contributed by atoms with Crippen molar-refractivity contribution < 1.29 is 51.8 Å². The van der Waals surface area contributed by atoms with Crippen LogP contribution in [0.4, 0.5) is 30.2 Å². The number of nitrogens with zero attached hydrogens (tertiary/aromatic N) is 4. The fraction of sp³-hybridized carbons (Fsp3) is 0.194. The SMILES string of the molecule is CC(CC(=O)Nc1cc(Cc2n[nH]c(=O)c3ccccc23)ccc1F)C(=O)O.CC1CC(=O)N(c2cc(Cc3n[nH]c(=O)c4ccccc34)ccc2F)C1=O.CC1CC(=O)OC1=O.Cc1ccccc1.Nc1cc(Cc2n[nH]c(=O)c3ccccc23)ccc1F. The van der Waals surface area contributed by atoms with E-state index in [9.17, 15) is 56.3 Å². The number of carbonyl (C=O) groups is 6. The number of nitrogen functional groups attached to an aromatic ring is 1. The quantitative estimate of drug-likeness (QED) is 0.0304. The Labute approximate surface area is 510 Å². The van der Waals surface area contributed by atoms with Gasteiger partial charge in [-0.25, -0.2) is 33.4 Å². The first kappa shape index (κ1) is 64.8. The van der Waals surface area contributed by atoms with Crippen molar-refractivity contribution in [1.82, 2.24) is 30.6 Å². The first-order valence-electron chi connectivity index (χ1n) is 28.2. The summed E-state index contributed by atoms with van der Waals surface area (Å²) in [6.07, 6.45) is 1.17. The van der Waals surface area contributed by atoms with Crippen LogP contribution in [0.15, 0.2) is 172 Å². The number of aromatic amines is 3. The lowest BCUT2D eigenvalue weighted by Crippen LogP contribution is -2.31. The fourth-order valence-electron chi connectivity index (χ4n) is 9.55. The molecule has 5 heterocycles. The number of aliphatic carboxylic acids is 1. The van der Waals surface area contributed by atoms with Gasteiger partial charge in [-0.2, -0.15) is 15.3 Å². The summed E-state index contributed by atoms with van der Waals surface area (Å²) in [7, 11) is 0. The third-order valence-electron chi connectivity index (χ3n) is 14.4. The Hall–Kier alpha value is -11.2. The van der Waals surface area contributed by atoms with E-state index in [1.165, 1.54) is 42.8 Å². The van der Waals surface area contributed by atoms with E-state index in [0.717, 1.165) is 21.5 Å². The number of nitrogens with one attached hydrogen (secondary N) is 4. The summed E-state index contributed by atoms with van der Waals surface area (Å²) < 4.78 is 45.8. The van der Waals surface area contributed by atoms with Gasteiger partial charge in [-0.3, -0.25) is 43.2 Å². The first-order valence-corrected chi connectivity index (χ1v) is 28.2. The molecule has 12 rings (SSSR count). The number of rotatable bonds is 11. The van der Waals surface area contributed by atoms with Gasteiger partial charge < -0.3 is 20.9 Å². The van der Waals surface area contributed by atoms with Crippen LogP contribution < -0.4 is 32.6 Å². The molecule has 2 aliphatic rings. The van der Waals surface area contributed by atoms with E-state index >= 15 is 0 Å². The maximum Gasteiger partial charge on any atom is 0.316 e. The van der Waals surface area contributed by atoms with E-state index in [2.05, 4.69) is 59.7 Å². The van der Waals surface area contributed by atoms with E-state index in [0.29, 0.717) is 68.7 Å². The molecule has 460 valence electrons. The fourth-order valence-corrected chi connectivity index (χ4v) is 9.55. The van der Waals surface area contributed by atoms with Crippen LogP contribution in [0, 0.1) is 42.1 Å². The highest BCUT2D eigenvalue weighted by atomic mass is 19.1. The normalized spacial score (nSPS) is 14.5. The topological polar surface area (TPSA) is 310 Å². The van der Waals surface area contributed by atoms with Gasteiger partial charge in [-0.15, -0.1) is 0 Å². The molecule has 0 bridgehead atoms. The number of esters is 2. The number of fused-ring (bicyclic) bond motifs is 3. The summed E-state index contributed by atoms with van der Waals surface area (Å²) in [4.78, 5) is 104. The van der Waals surface area contributed by atoms with Gasteiger partial charge >= 0.3 is 17.9 Å². The Bertz CT molecular complexity index is 4540. The number of hydrogen-bond donors (Lipinski definition) is 6. The van der Waals surface area contributed by atoms with Gasteiger partial charge in [0.1, 0.15) is 17.5 Å². The number of aromatic nitrogens is 6. The maximum atomic E-state index is 14.3. The average Bonchev–Trinajstić information content (AvgIpc) is 1.42. The summed E-state index contributed by atoms with van der Waals surface area (Å²) in [5.74, 6) is -6.52. The number of ether oxygens (including phenoxy) is 1. The minimum Gasteiger partial charge on any atom is -0.481 e. The number of anilines is 3. The zero-order valence-electron chi connectivity index (χ0n) is 49.0. The van der Waals surface area contributed by atoms with Crippen molar-refractivity contribution in [1.29, 1.82) is 0 Å². The van der Waals surface area contributed by atoms with Gasteiger partial charge in [0.15, 0.2) is 0 Å². The molecule has 2 aliphatic heterocycles. The van der Waals surface area contributed by atoms with E-state index in [1.54, 1.807) is 92.7 Å². The molecule has 3 atom stereocenters. The minimum absolute atomic E-state index is 0.0335. The van der Waals surface area contributed by atoms with Gasteiger partial charge in [0.2, 0.25) is 17.7 Å². The van der Waals surface area contributed by atoms with Crippen molar-refractivity contribution >= 4 is 85.0 Å². The number of carboxylic acids is 1. The summed E-state index contributed by atoms with van der Waals surface area (Å²) in [6.45, 7) is 6.81. The number of carbonyl (C=O) groups excluding carboxylic acids is 5. The van der Waals surface area contributed by atoms with Crippen LogP contribution in [0.3, 0.4) is 0 Å². The van der Waals surface area contributed by atoms with Crippen molar-refractivity contribution in [2.45, 2.75) is 66.2 Å². The number of cyclic esters (lactones) is 2. The number of nitrogens with two attached hydrogens (primary N) is 1. The highest BCUT2D eigenvalue weighted by molar-refractivity contribution is 6.21. The Morgan fingerprint density at radius 2 is 1.02 bits per heavy atom. The second-order valence-corrected chi connectivity index (χ2v) is 21.3. The number of benzene rings is 7. The smallest absolute Gasteiger partial charge is 0.316 e. The molecule has 0 saturated carbocycles. The molecular weight excluding hydrogens is 1160 g/mol. The Morgan fingerprint density at radius 3 is 1.41 bits per heavy atom. The summed E-state index contributed by atoms with van der Waals surface area (Å²) >= 11 is 0. The highest BCUT2D eigenvalue weighted by Gasteiger charge is 2.38. The maximum absolute atomic E-state index is 14.3. The van der Waals surface area contributed by atoms with E-state index in [1.807, 2.05) is 36.4 Å². The van der Waals surface area contributed by atoms with E-state index in [4.69, 9.17) is 10.8 Å². The monoisotopic (exact) mass is 1220 g/mol. The standard InChI is InChI=1S/C20H18FN3O4.C20H16FN3O3.C15H12FN3O.C7H8.C5H6O3/c1-11(20(27)28)8-18(25)22-17-10-12(6-7-15(17)21)9-16-13-4-2-3-5-14(13)19(26)24-23-16;1-11-8-18(25)24(20(11)27)17-10-12(6-7-15(17)21)9-16-13-4-2-3-5-14(13)19(26)23-22-16;16-12-6-5-9(7-13(12)17)8-14-10-3-1-2-4-11(10)15(20)19-18-14;1-7-5-3-2-4-6-7;1-3-2-4(6)8-5(3)7/h2-7,10-11H,8-9H2,1H3,(H,22,25)(H,24,26)(H,27,28);2-7,10-11H,8-9H2,1H3,(H,23,26);1-7H,8,17H2,(H,19,20);2-6H,1H3;3H,2H2,1H3. The van der Waals surface area contributed by atoms with Crippen LogP contribution in [0.5, 0.6) is 0 Å². The molecule has 7 N–H and O–H groups in total. The third kappa shape index (κ3) is 16.4. The zero-order valence-corrected chi connectivity index (χ0v) is 49.0. The molecule has 20 nitrogen and oxygen atoms in total. The molecule has 0 spiro atoms. The first-order chi connectivity index (χ1) is 43.0. The van der Waals surface area contributed by atoms with Crippen molar-refractivity contribution in [2.75, 3.05) is 16.0 Å². The number of aryl methyl sites for hydroxylation is 1. The summed E-state index contributed by atoms with van der Waals surface area (Å²) in [5, 5.41) is 34.8. The predicted octanol–water partition coefficient (Wildman–Crippen LogP) is 9.58. The molecule has 2 fully saturated rings. The van der Waals surface area contributed by atoms with Crippen molar-refractivity contribution in [3.05, 3.63) is 246 Å². The molecule has 90 heavy (non-hydrogen) atoms. The molecule has 0 aliphatic carbocycles. The van der Waals surface area contributed by atoms with Crippen LogP contribution in [-0.4, -0.2) is 71.3 Å². The van der Waals surface area contributed by atoms with Crippen LogP contribution in [-0.2, 0) is 52.8 Å². The van der Waals surface area contributed by atoms with E-state index < -0.39 is 64.9 Å². The Balaban J connectivity index is 0.000000157. The number of halogens is 3. The zero-order chi connectivity index (χ0) is 64.8. The number of hydrogen-bond acceptors (Lipinski definition) is 14. The molecular formula is C67H60F3N9O11. The molecule has 2 saturated heterocycles. The molecule has 3 amide bonds. The molecule has 3 aromatic heterocycles. The largest absolute Gasteiger partial charge is 0.481 e. The molecule has 0 radical (unpaired) electrons. The predicted molar refractivity (Wildman–Crippen MR) is 332 cm³/mol. The average molecular weight is 1220 g/mol. The van der Waals surface area contributed by atoms with Crippen LogP contribution in [0.1, 0.15) is 79.4 Å². The summed E-state index contributed by atoms with van der Waals surface area (Å²) in [6, 6.07) is 44.8. The molecule has 7 aromatic carbocycles. The van der Waals surface area contributed by atoms with Crippen LogP contribution in [0.25, 0.3) is 32.3 Å². The number of carboxylic acid groups (broad SMARTS) is 1. The van der Waals surface area contributed by atoms with Crippen LogP contribution in [0.2, 0.25) is 0 Å². The van der Waals surface area contributed by atoms with Crippen molar-refractivity contribution in [3.63, 3.8) is 0 Å². The molecule has 10 aromatic rings. The highest BCUT2D eigenvalue weighted by Crippen LogP contribution is 2.31. The lowest BCUT2D eigenvalue weighted by molar-refractivity contribution is -0.153. The lowest BCUT2D eigenvalue weighted by atomic mass is 10.0. The molecule has 3 unspecified atom stereocenters. The second-order valence-electron chi connectivity index (χ2n) is 21.3. The Morgan fingerprint density at radius 1 is 0.589 bits per heavy atom. The van der Waals surface area contributed by atoms with Crippen molar-refractivity contribution in [2.24, 2.45) is 17.8 Å². The number of amides is 3. The Kier molecular flexibility index (Phi) is 21.2. The van der Waals surface area contributed by atoms with Crippen molar-refractivity contribution in [3.8, 4) is 0 Å². The van der Waals surface area contributed by atoms with Gasteiger partial charge in [-0.1, -0.05) is 129 Å². The van der Waals surface area contributed by atoms with Gasteiger partial charge in [0, 0.05) is 54.2 Å². The number of H-pyrrole nitrogens is 3. The van der Waals surface area contributed by atoms with Gasteiger partial charge in [0.05, 0.1) is 68.6 Å². The lowest BCUT2D eigenvalue weighted by Gasteiger charge is -2.16. The number of imide groups is 1. The van der Waals surface area contributed by atoms with E-state index in [-0.39, 0.29) is 58.9 Å².